The highest BCUT2D eigenvalue weighted by molar-refractivity contribution is 5.77. The second-order valence-electron chi connectivity index (χ2n) is 3.14. The third kappa shape index (κ3) is 1.70. The van der Waals surface area contributed by atoms with E-state index in [1.165, 1.54) is 0 Å². The average molecular weight is 216 g/mol. The Bertz CT molecular complexity index is 576. The summed E-state index contributed by atoms with van der Waals surface area (Å²) in [6.45, 7) is 0. The van der Waals surface area contributed by atoms with Gasteiger partial charge in [-0.15, -0.1) is 0 Å². The molecule has 0 saturated carbocycles. The molecule has 0 atom stereocenters. The molecule has 0 spiro atoms. The molecule has 0 saturated heterocycles. The van der Waals surface area contributed by atoms with Crippen molar-refractivity contribution >= 4 is 6.29 Å². The number of carbonyl (C=O) groups excluding carboxylic acids is 1. The first-order valence-corrected chi connectivity index (χ1v) is 4.56. The summed E-state index contributed by atoms with van der Waals surface area (Å²) in [5, 5.41) is 9.37. The number of hydrogen-bond acceptors (Lipinski definition) is 4. The number of aromatic nitrogens is 2. The van der Waals surface area contributed by atoms with Crippen molar-refractivity contribution in [1.82, 2.24) is 9.97 Å². The van der Waals surface area contributed by atoms with Crippen LogP contribution < -0.4 is 5.56 Å². The predicted molar refractivity (Wildman–Crippen MR) is 57.3 cm³/mol. The Hall–Kier alpha value is -2.43. The van der Waals surface area contributed by atoms with Crippen LogP contribution >= 0.6 is 0 Å². The number of nitrogens with one attached hydrogen (secondary N) is 1. The maximum absolute atomic E-state index is 11.4. The summed E-state index contributed by atoms with van der Waals surface area (Å²) in [6, 6.07) is 8.85. The number of benzene rings is 1. The van der Waals surface area contributed by atoms with Crippen LogP contribution in [0.15, 0.2) is 35.1 Å². The summed E-state index contributed by atoms with van der Waals surface area (Å²) in [7, 11) is 0. The van der Waals surface area contributed by atoms with Crippen LogP contribution in [0.25, 0.3) is 11.4 Å². The maximum Gasteiger partial charge on any atom is 0.265 e. The van der Waals surface area contributed by atoms with E-state index in [2.05, 4.69) is 9.97 Å². The summed E-state index contributed by atoms with van der Waals surface area (Å²) < 4.78 is 0. The minimum Gasteiger partial charge on any atom is -0.493 e. The summed E-state index contributed by atoms with van der Waals surface area (Å²) in [6.07, 6.45) is 0.274. The number of aromatic amines is 1. The van der Waals surface area contributed by atoms with E-state index in [-0.39, 0.29) is 17.7 Å². The van der Waals surface area contributed by atoms with Crippen LogP contribution in [0.3, 0.4) is 0 Å². The van der Waals surface area contributed by atoms with Gasteiger partial charge in [-0.25, -0.2) is 0 Å². The standard InChI is InChI=1S/C11H8N2O3/c14-6-8-10(15)12-9(13-11(8)16)7-4-2-1-3-5-7/h1-6H,(H2,12,13,15,16). The normalized spacial score (nSPS) is 10.0. The van der Waals surface area contributed by atoms with Crippen molar-refractivity contribution in [2.45, 2.75) is 0 Å². The number of H-pyrrole nitrogens is 1. The molecule has 0 unspecified atom stereocenters. The van der Waals surface area contributed by atoms with Gasteiger partial charge in [-0.2, -0.15) is 4.98 Å². The van der Waals surface area contributed by atoms with E-state index in [0.29, 0.717) is 5.56 Å². The molecule has 16 heavy (non-hydrogen) atoms. The van der Waals surface area contributed by atoms with Crippen LogP contribution in [0.1, 0.15) is 10.4 Å². The highest BCUT2D eigenvalue weighted by atomic mass is 16.3. The van der Waals surface area contributed by atoms with E-state index >= 15 is 0 Å². The van der Waals surface area contributed by atoms with E-state index in [1.807, 2.05) is 6.07 Å². The van der Waals surface area contributed by atoms with E-state index in [1.54, 1.807) is 24.3 Å². The molecule has 5 nitrogen and oxygen atoms in total. The molecule has 1 heterocycles. The fraction of sp³-hybridized carbons (Fsp3) is 0. The van der Waals surface area contributed by atoms with Crippen LogP contribution in [0.5, 0.6) is 5.88 Å². The number of carbonyl (C=O) groups is 1. The van der Waals surface area contributed by atoms with Crippen molar-refractivity contribution in [3.05, 3.63) is 46.2 Å². The topological polar surface area (TPSA) is 83.0 Å². The van der Waals surface area contributed by atoms with Gasteiger partial charge in [0.15, 0.2) is 6.29 Å². The maximum atomic E-state index is 11.4. The third-order valence-corrected chi connectivity index (χ3v) is 2.10. The zero-order chi connectivity index (χ0) is 11.5. The van der Waals surface area contributed by atoms with Crippen LogP contribution in [-0.2, 0) is 0 Å². The van der Waals surface area contributed by atoms with Gasteiger partial charge in [-0.1, -0.05) is 30.3 Å². The van der Waals surface area contributed by atoms with Gasteiger partial charge in [0.25, 0.3) is 5.56 Å². The second kappa shape index (κ2) is 3.98. The van der Waals surface area contributed by atoms with Crippen molar-refractivity contribution in [1.29, 1.82) is 0 Å². The molecule has 0 fully saturated rings. The average Bonchev–Trinajstić information content (AvgIpc) is 2.30. The smallest absolute Gasteiger partial charge is 0.265 e. The quantitative estimate of drug-likeness (QED) is 0.732. The van der Waals surface area contributed by atoms with E-state index in [0.717, 1.165) is 0 Å². The molecule has 2 rings (SSSR count). The molecule has 1 aromatic carbocycles. The summed E-state index contributed by atoms with van der Waals surface area (Å²) in [5.74, 6) is -0.327. The molecule has 0 aliphatic rings. The predicted octanol–water partition coefficient (Wildman–Crippen LogP) is 0.955. The SMILES string of the molecule is O=Cc1c(O)nc(-c2ccccc2)[nH]c1=O. The Morgan fingerprint density at radius 1 is 1.25 bits per heavy atom. The molecule has 0 aliphatic heterocycles. The zero-order valence-corrected chi connectivity index (χ0v) is 8.18. The second-order valence-corrected chi connectivity index (χ2v) is 3.14. The lowest BCUT2D eigenvalue weighted by Crippen LogP contribution is -2.14. The Balaban J connectivity index is 2.62. The number of rotatable bonds is 2. The number of hydrogen-bond donors (Lipinski definition) is 2. The Labute approximate surface area is 90.4 Å². The van der Waals surface area contributed by atoms with Crippen LogP contribution in [0.4, 0.5) is 0 Å². The van der Waals surface area contributed by atoms with Crippen molar-refractivity contribution in [3.63, 3.8) is 0 Å². The molecule has 1 aromatic heterocycles. The Morgan fingerprint density at radius 3 is 2.50 bits per heavy atom. The van der Waals surface area contributed by atoms with Crippen molar-refractivity contribution in [3.8, 4) is 17.3 Å². The highest BCUT2D eigenvalue weighted by Gasteiger charge is 2.10. The van der Waals surface area contributed by atoms with Gasteiger partial charge in [0.2, 0.25) is 5.88 Å². The summed E-state index contributed by atoms with van der Waals surface area (Å²) in [4.78, 5) is 28.0. The molecule has 0 bridgehead atoms. The molecule has 0 aliphatic carbocycles. The molecule has 0 radical (unpaired) electrons. The fourth-order valence-electron chi connectivity index (χ4n) is 1.31. The zero-order valence-electron chi connectivity index (χ0n) is 8.18. The molecular weight excluding hydrogens is 208 g/mol. The number of nitrogens with zero attached hydrogens (tertiary/aromatic N) is 1. The highest BCUT2D eigenvalue weighted by Crippen LogP contribution is 2.15. The number of aldehydes is 1. The molecule has 80 valence electrons. The summed E-state index contributed by atoms with van der Waals surface area (Å²) in [5.41, 5.74) is -0.353. The van der Waals surface area contributed by atoms with Crippen LogP contribution in [0.2, 0.25) is 0 Å². The van der Waals surface area contributed by atoms with Gasteiger partial charge in [0, 0.05) is 5.56 Å². The van der Waals surface area contributed by atoms with E-state index in [4.69, 9.17) is 0 Å². The lowest BCUT2D eigenvalue weighted by molar-refractivity contribution is 0.111. The van der Waals surface area contributed by atoms with Gasteiger partial charge in [0.05, 0.1) is 0 Å². The van der Waals surface area contributed by atoms with Gasteiger partial charge in [-0.3, -0.25) is 9.59 Å². The fourth-order valence-corrected chi connectivity index (χ4v) is 1.31. The minimum absolute atomic E-state index is 0.230. The minimum atomic E-state index is -0.652. The van der Waals surface area contributed by atoms with Crippen molar-refractivity contribution in [2.24, 2.45) is 0 Å². The molecule has 5 heteroatoms. The van der Waals surface area contributed by atoms with E-state index in [9.17, 15) is 14.7 Å². The molecule has 2 N–H and O–H groups in total. The molecular formula is C11H8N2O3. The van der Waals surface area contributed by atoms with Gasteiger partial charge in [-0.05, 0) is 0 Å². The summed E-state index contributed by atoms with van der Waals surface area (Å²) >= 11 is 0. The van der Waals surface area contributed by atoms with E-state index < -0.39 is 11.4 Å². The van der Waals surface area contributed by atoms with Crippen LogP contribution in [-0.4, -0.2) is 21.4 Å². The first-order valence-electron chi connectivity index (χ1n) is 4.56. The first-order chi connectivity index (χ1) is 7.72. The Kier molecular flexibility index (Phi) is 2.51. The Morgan fingerprint density at radius 2 is 1.94 bits per heavy atom. The van der Waals surface area contributed by atoms with Crippen molar-refractivity contribution < 1.29 is 9.90 Å². The van der Waals surface area contributed by atoms with Gasteiger partial charge < -0.3 is 10.1 Å². The van der Waals surface area contributed by atoms with Crippen LogP contribution in [0, 0.1) is 0 Å². The monoisotopic (exact) mass is 216 g/mol. The lowest BCUT2D eigenvalue weighted by Gasteiger charge is -2.01. The van der Waals surface area contributed by atoms with Crippen molar-refractivity contribution in [2.75, 3.05) is 0 Å². The first kappa shape index (κ1) is 10.1. The lowest BCUT2D eigenvalue weighted by atomic mass is 10.2. The van der Waals surface area contributed by atoms with Gasteiger partial charge >= 0.3 is 0 Å². The largest absolute Gasteiger partial charge is 0.493 e. The number of aromatic hydroxyl groups is 1. The third-order valence-electron chi connectivity index (χ3n) is 2.10. The molecule has 0 amide bonds. The van der Waals surface area contributed by atoms with Gasteiger partial charge in [0.1, 0.15) is 11.4 Å². The molecule has 2 aromatic rings.